The maximum absolute atomic E-state index is 12.3. The number of aromatic nitrogens is 2. The van der Waals surface area contributed by atoms with Crippen LogP contribution in [-0.4, -0.2) is 21.1 Å². The van der Waals surface area contributed by atoms with E-state index in [0.29, 0.717) is 11.6 Å². The summed E-state index contributed by atoms with van der Waals surface area (Å²) in [5, 5.41) is 4.14. The van der Waals surface area contributed by atoms with E-state index in [4.69, 9.17) is 5.73 Å². The molecule has 0 radical (unpaired) electrons. The molecule has 1 aromatic heterocycles. The van der Waals surface area contributed by atoms with Gasteiger partial charge < -0.3 is 5.73 Å². The van der Waals surface area contributed by atoms with Crippen molar-refractivity contribution in [3.63, 3.8) is 0 Å². The molecule has 0 saturated heterocycles. The molecule has 16 heavy (non-hydrogen) atoms. The van der Waals surface area contributed by atoms with E-state index in [1.165, 1.54) is 6.42 Å². The first kappa shape index (κ1) is 11.3. The Morgan fingerprint density at radius 2 is 2.44 bits per heavy atom. The van der Waals surface area contributed by atoms with Crippen molar-refractivity contribution in [2.75, 3.05) is 0 Å². The van der Waals surface area contributed by atoms with Crippen LogP contribution in [0.25, 0.3) is 0 Å². The second kappa shape index (κ2) is 4.01. The van der Waals surface area contributed by atoms with Crippen molar-refractivity contribution in [2.45, 2.75) is 38.1 Å². The molecule has 88 valence electrons. The van der Waals surface area contributed by atoms with Gasteiger partial charge in [-0.25, -0.2) is 0 Å². The van der Waals surface area contributed by atoms with Crippen LogP contribution in [0.1, 0.15) is 43.1 Å². The molecular formula is C12H19N3O. The van der Waals surface area contributed by atoms with Crippen molar-refractivity contribution in [1.29, 1.82) is 0 Å². The molecule has 0 aromatic carbocycles. The summed E-state index contributed by atoms with van der Waals surface area (Å²) >= 11 is 0. The maximum Gasteiger partial charge on any atom is 0.202 e. The molecule has 0 spiro atoms. The fourth-order valence-electron chi connectivity index (χ4n) is 2.59. The fourth-order valence-corrected chi connectivity index (χ4v) is 2.59. The molecule has 1 fully saturated rings. The highest BCUT2D eigenvalue weighted by Crippen LogP contribution is 2.32. The molecule has 2 rings (SSSR count). The summed E-state index contributed by atoms with van der Waals surface area (Å²) in [6, 6.07) is 1.75. The summed E-state index contributed by atoms with van der Waals surface area (Å²) in [5.41, 5.74) is 6.05. The molecule has 1 heterocycles. The van der Waals surface area contributed by atoms with E-state index in [1.54, 1.807) is 16.9 Å². The molecule has 0 aliphatic heterocycles. The summed E-state index contributed by atoms with van der Waals surface area (Å²) in [5.74, 6) is 0.533. The summed E-state index contributed by atoms with van der Waals surface area (Å²) in [6.07, 6.45) is 5.56. The van der Waals surface area contributed by atoms with Crippen LogP contribution in [0.15, 0.2) is 12.3 Å². The smallest absolute Gasteiger partial charge is 0.202 e. The number of carbonyl (C=O) groups is 1. The van der Waals surface area contributed by atoms with Crippen LogP contribution in [-0.2, 0) is 7.05 Å². The van der Waals surface area contributed by atoms with Gasteiger partial charge in [-0.15, -0.1) is 0 Å². The van der Waals surface area contributed by atoms with Crippen molar-refractivity contribution < 1.29 is 4.79 Å². The average molecular weight is 221 g/mol. The molecule has 0 bridgehead atoms. The Morgan fingerprint density at radius 1 is 1.69 bits per heavy atom. The van der Waals surface area contributed by atoms with E-state index >= 15 is 0 Å². The second-order valence-corrected chi connectivity index (χ2v) is 5.06. The minimum Gasteiger partial charge on any atom is -0.319 e. The van der Waals surface area contributed by atoms with Crippen LogP contribution in [0.5, 0.6) is 0 Å². The second-order valence-electron chi connectivity index (χ2n) is 5.06. The molecule has 1 aliphatic carbocycles. The Bertz CT molecular complexity index is 399. The summed E-state index contributed by atoms with van der Waals surface area (Å²) in [4.78, 5) is 12.3. The van der Waals surface area contributed by atoms with Crippen molar-refractivity contribution >= 4 is 5.78 Å². The van der Waals surface area contributed by atoms with Gasteiger partial charge in [-0.1, -0.05) is 19.8 Å². The average Bonchev–Trinajstić information content (AvgIpc) is 2.63. The number of ketones is 1. The normalized spacial score (nSPS) is 30.3. The zero-order valence-electron chi connectivity index (χ0n) is 9.94. The van der Waals surface area contributed by atoms with Crippen LogP contribution in [0.3, 0.4) is 0 Å². The highest BCUT2D eigenvalue weighted by molar-refractivity contribution is 6.01. The predicted octanol–water partition coefficient (Wildman–Crippen LogP) is 1.51. The van der Waals surface area contributed by atoms with Crippen LogP contribution in [0.4, 0.5) is 0 Å². The van der Waals surface area contributed by atoms with Crippen molar-refractivity contribution in [3.8, 4) is 0 Å². The van der Waals surface area contributed by atoms with Gasteiger partial charge in [0, 0.05) is 13.2 Å². The first-order valence-corrected chi connectivity index (χ1v) is 5.84. The van der Waals surface area contributed by atoms with Crippen molar-refractivity contribution in [1.82, 2.24) is 9.78 Å². The van der Waals surface area contributed by atoms with E-state index < -0.39 is 5.54 Å². The van der Waals surface area contributed by atoms with Crippen LogP contribution >= 0.6 is 0 Å². The Hall–Kier alpha value is -1.16. The van der Waals surface area contributed by atoms with Crippen LogP contribution in [0.2, 0.25) is 0 Å². The summed E-state index contributed by atoms with van der Waals surface area (Å²) in [6.45, 7) is 2.16. The highest BCUT2D eigenvalue weighted by atomic mass is 16.1. The molecule has 4 heteroatoms. The summed E-state index contributed by atoms with van der Waals surface area (Å²) in [7, 11) is 1.81. The standard InChI is InChI=1S/C12H19N3O/c1-9-4-3-6-12(13,8-9)11(16)10-5-7-15(2)14-10/h5,7,9H,3-4,6,8,13H2,1-2H3. The highest BCUT2D eigenvalue weighted by Gasteiger charge is 2.39. The van der Waals surface area contributed by atoms with Gasteiger partial charge in [0.1, 0.15) is 5.69 Å². The van der Waals surface area contributed by atoms with Gasteiger partial charge in [0.15, 0.2) is 0 Å². The van der Waals surface area contributed by atoms with E-state index in [-0.39, 0.29) is 5.78 Å². The molecule has 0 amide bonds. The van der Waals surface area contributed by atoms with Crippen LogP contribution in [0, 0.1) is 5.92 Å². The number of Topliss-reactive ketones (excluding diaryl/α,β-unsaturated/α-hetero) is 1. The first-order valence-electron chi connectivity index (χ1n) is 5.84. The minimum absolute atomic E-state index is 0.000324. The predicted molar refractivity (Wildman–Crippen MR) is 62.1 cm³/mol. The molecule has 1 aliphatic rings. The SMILES string of the molecule is CC1CCCC(N)(C(=O)c2ccn(C)n2)C1. The Morgan fingerprint density at radius 3 is 3.00 bits per heavy atom. The van der Waals surface area contributed by atoms with E-state index in [0.717, 1.165) is 19.3 Å². The first-order chi connectivity index (χ1) is 7.51. The number of rotatable bonds is 2. The molecular weight excluding hydrogens is 202 g/mol. The third-order valence-electron chi connectivity index (χ3n) is 3.43. The zero-order chi connectivity index (χ0) is 11.8. The summed E-state index contributed by atoms with van der Waals surface area (Å²) < 4.78 is 1.64. The van der Waals surface area contributed by atoms with Gasteiger partial charge in [0.05, 0.1) is 5.54 Å². The monoisotopic (exact) mass is 221 g/mol. The Labute approximate surface area is 95.8 Å². The van der Waals surface area contributed by atoms with E-state index in [2.05, 4.69) is 12.0 Å². The Kier molecular flexibility index (Phi) is 2.84. The number of aryl methyl sites for hydroxylation is 1. The number of nitrogens with two attached hydrogens (primary N) is 1. The quantitative estimate of drug-likeness (QED) is 0.770. The molecule has 2 unspecified atom stereocenters. The van der Waals surface area contributed by atoms with Crippen LogP contribution < -0.4 is 5.73 Å². The van der Waals surface area contributed by atoms with Gasteiger partial charge in [-0.05, 0) is 24.8 Å². The number of hydrogen-bond donors (Lipinski definition) is 1. The minimum atomic E-state index is -0.688. The van der Waals surface area contributed by atoms with Crippen molar-refractivity contribution in [2.24, 2.45) is 18.7 Å². The third kappa shape index (κ3) is 2.02. The molecule has 1 saturated carbocycles. The number of carbonyl (C=O) groups excluding carboxylic acids is 1. The number of hydrogen-bond acceptors (Lipinski definition) is 3. The lowest BCUT2D eigenvalue weighted by Gasteiger charge is -2.34. The third-order valence-corrected chi connectivity index (χ3v) is 3.43. The van der Waals surface area contributed by atoms with E-state index in [1.807, 2.05) is 7.05 Å². The van der Waals surface area contributed by atoms with Gasteiger partial charge in [0.25, 0.3) is 0 Å². The maximum atomic E-state index is 12.3. The zero-order valence-corrected chi connectivity index (χ0v) is 9.94. The fraction of sp³-hybridized carbons (Fsp3) is 0.667. The lowest BCUT2D eigenvalue weighted by atomic mass is 9.74. The largest absolute Gasteiger partial charge is 0.319 e. The number of nitrogens with zero attached hydrogens (tertiary/aromatic N) is 2. The van der Waals surface area contributed by atoms with Gasteiger partial charge in [-0.3, -0.25) is 9.48 Å². The topological polar surface area (TPSA) is 60.9 Å². The molecule has 4 nitrogen and oxygen atoms in total. The molecule has 2 atom stereocenters. The Balaban J connectivity index is 2.20. The van der Waals surface area contributed by atoms with Crippen molar-refractivity contribution in [3.05, 3.63) is 18.0 Å². The lowest BCUT2D eigenvalue weighted by molar-refractivity contribution is 0.0813. The van der Waals surface area contributed by atoms with E-state index in [9.17, 15) is 4.79 Å². The lowest BCUT2D eigenvalue weighted by Crippen LogP contribution is -2.51. The van der Waals surface area contributed by atoms with Gasteiger partial charge >= 0.3 is 0 Å². The molecule has 1 aromatic rings. The molecule has 2 N–H and O–H groups in total. The van der Waals surface area contributed by atoms with Gasteiger partial charge in [-0.2, -0.15) is 5.10 Å². The van der Waals surface area contributed by atoms with Gasteiger partial charge in [0.2, 0.25) is 5.78 Å².